The number of aromatic nitrogens is 1. The monoisotopic (exact) mass is 261 g/mol. The lowest BCUT2D eigenvalue weighted by molar-refractivity contribution is 0.0983. The van der Waals surface area contributed by atoms with Gasteiger partial charge in [0.2, 0.25) is 0 Å². The molecule has 2 rings (SSSR count). The molecule has 0 aliphatic heterocycles. The number of pyridine rings is 1. The average Bonchev–Trinajstić information content (AvgIpc) is 2.42. The summed E-state index contributed by atoms with van der Waals surface area (Å²) in [5.74, 6) is 0. The Balaban J connectivity index is 1.91. The van der Waals surface area contributed by atoms with Crippen molar-refractivity contribution in [2.75, 3.05) is 20.6 Å². The number of nitrogens with zero attached hydrogens (tertiary/aromatic N) is 2. The van der Waals surface area contributed by atoms with Crippen LogP contribution in [0.5, 0.6) is 0 Å². The molecule has 0 saturated heterocycles. The number of nitrogens with one attached hydrogen (secondary N) is 1. The fourth-order valence-corrected chi connectivity index (χ4v) is 3.10. The molecule has 1 N–H and O–H groups in total. The molecule has 1 aliphatic rings. The standard InChI is InChI=1S/C16H27N3/c1-14-7-10-17-11-15(14)12-18-13-16(19(2)3)8-5-4-6-9-16/h7,10-11,18H,4-6,8-9,12-13H2,1-3H3. The van der Waals surface area contributed by atoms with Crippen molar-refractivity contribution in [1.29, 1.82) is 0 Å². The number of likely N-dealkylation sites (N-methyl/N-ethyl adjacent to an activating group) is 1. The van der Waals surface area contributed by atoms with Gasteiger partial charge in [-0.2, -0.15) is 0 Å². The lowest BCUT2D eigenvalue weighted by atomic mass is 9.80. The van der Waals surface area contributed by atoms with E-state index in [2.05, 4.69) is 42.3 Å². The van der Waals surface area contributed by atoms with E-state index in [4.69, 9.17) is 0 Å². The molecular formula is C16H27N3. The predicted molar refractivity (Wildman–Crippen MR) is 80.2 cm³/mol. The van der Waals surface area contributed by atoms with Crippen LogP contribution in [0, 0.1) is 6.92 Å². The van der Waals surface area contributed by atoms with Crippen molar-refractivity contribution in [3.63, 3.8) is 0 Å². The summed E-state index contributed by atoms with van der Waals surface area (Å²) in [6, 6.07) is 2.08. The lowest BCUT2D eigenvalue weighted by Gasteiger charge is -2.43. The zero-order valence-corrected chi connectivity index (χ0v) is 12.6. The molecular weight excluding hydrogens is 234 g/mol. The molecule has 0 aromatic carbocycles. The first-order chi connectivity index (χ1) is 9.14. The van der Waals surface area contributed by atoms with Crippen LogP contribution in [-0.2, 0) is 6.54 Å². The first-order valence-corrected chi connectivity index (χ1v) is 7.42. The van der Waals surface area contributed by atoms with E-state index < -0.39 is 0 Å². The molecule has 1 saturated carbocycles. The van der Waals surface area contributed by atoms with Gasteiger partial charge in [-0.05, 0) is 51.1 Å². The van der Waals surface area contributed by atoms with Crippen LogP contribution >= 0.6 is 0 Å². The van der Waals surface area contributed by atoms with Gasteiger partial charge in [-0.1, -0.05) is 19.3 Å². The molecule has 1 aliphatic carbocycles. The summed E-state index contributed by atoms with van der Waals surface area (Å²) in [6.45, 7) is 4.16. The van der Waals surface area contributed by atoms with Crippen molar-refractivity contribution < 1.29 is 0 Å². The molecule has 0 unspecified atom stereocenters. The smallest absolute Gasteiger partial charge is 0.0328 e. The van der Waals surface area contributed by atoms with E-state index in [9.17, 15) is 0 Å². The molecule has 1 aromatic rings. The highest BCUT2D eigenvalue weighted by atomic mass is 15.2. The Kier molecular flexibility index (Phi) is 4.94. The summed E-state index contributed by atoms with van der Waals surface area (Å²) in [5.41, 5.74) is 2.99. The summed E-state index contributed by atoms with van der Waals surface area (Å²) >= 11 is 0. The Morgan fingerprint density at radius 1 is 1.26 bits per heavy atom. The van der Waals surface area contributed by atoms with Crippen LogP contribution in [0.15, 0.2) is 18.5 Å². The molecule has 0 radical (unpaired) electrons. The number of rotatable bonds is 5. The van der Waals surface area contributed by atoms with Crippen LogP contribution in [0.25, 0.3) is 0 Å². The SMILES string of the molecule is Cc1ccncc1CNCC1(N(C)C)CCCCC1. The van der Waals surface area contributed by atoms with Crippen LogP contribution < -0.4 is 5.32 Å². The molecule has 3 heteroatoms. The minimum Gasteiger partial charge on any atom is -0.311 e. The van der Waals surface area contributed by atoms with Crippen molar-refractivity contribution in [2.45, 2.75) is 51.1 Å². The van der Waals surface area contributed by atoms with Crippen LogP contribution in [0.2, 0.25) is 0 Å². The molecule has 1 fully saturated rings. The van der Waals surface area contributed by atoms with Gasteiger partial charge in [-0.15, -0.1) is 0 Å². The van der Waals surface area contributed by atoms with Gasteiger partial charge >= 0.3 is 0 Å². The first-order valence-electron chi connectivity index (χ1n) is 7.42. The van der Waals surface area contributed by atoms with Crippen LogP contribution in [0.1, 0.15) is 43.2 Å². The Morgan fingerprint density at radius 3 is 2.63 bits per heavy atom. The maximum absolute atomic E-state index is 4.21. The largest absolute Gasteiger partial charge is 0.311 e. The summed E-state index contributed by atoms with van der Waals surface area (Å²) in [7, 11) is 4.45. The second-order valence-corrected chi connectivity index (χ2v) is 6.09. The fraction of sp³-hybridized carbons (Fsp3) is 0.688. The normalized spacial score (nSPS) is 18.7. The van der Waals surface area contributed by atoms with Crippen LogP contribution in [-0.4, -0.2) is 36.1 Å². The molecule has 106 valence electrons. The molecule has 0 spiro atoms. The minimum absolute atomic E-state index is 0.356. The van der Waals surface area contributed by atoms with Crippen molar-refractivity contribution in [1.82, 2.24) is 15.2 Å². The highest BCUT2D eigenvalue weighted by molar-refractivity contribution is 5.21. The van der Waals surface area contributed by atoms with Gasteiger partial charge in [0, 0.05) is 31.0 Å². The number of hydrogen-bond donors (Lipinski definition) is 1. The zero-order valence-electron chi connectivity index (χ0n) is 12.6. The lowest BCUT2D eigenvalue weighted by Crippen LogP contribution is -2.52. The molecule has 19 heavy (non-hydrogen) atoms. The molecule has 0 bridgehead atoms. The predicted octanol–water partition coefficient (Wildman–Crippen LogP) is 2.74. The molecule has 0 atom stereocenters. The van der Waals surface area contributed by atoms with E-state index in [-0.39, 0.29) is 0 Å². The molecule has 3 nitrogen and oxygen atoms in total. The van der Waals surface area contributed by atoms with Gasteiger partial charge in [0.15, 0.2) is 0 Å². The van der Waals surface area contributed by atoms with E-state index >= 15 is 0 Å². The number of aryl methyl sites for hydroxylation is 1. The molecule has 0 amide bonds. The summed E-state index contributed by atoms with van der Waals surface area (Å²) in [4.78, 5) is 6.64. The average molecular weight is 261 g/mol. The fourth-order valence-electron chi connectivity index (χ4n) is 3.10. The zero-order chi connectivity index (χ0) is 13.7. The Labute approximate surface area is 117 Å². The summed E-state index contributed by atoms with van der Waals surface area (Å²) < 4.78 is 0. The highest BCUT2D eigenvalue weighted by Gasteiger charge is 2.33. The molecule has 1 heterocycles. The van der Waals surface area contributed by atoms with Crippen LogP contribution in [0.3, 0.4) is 0 Å². The Hall–Kier alpha value is -0.930. The van der Waals surface area contributed by atoms with Crippen molar-refractivity contribution in [3.8, 4) is 0 Å². The second kappa shape index (κ2) is 6.49. The van der Waals surface area contributed by atoms with Crippen molar-refractivity contribution in [3.05, 3.63) is 29.6 Å². The van der Waals surface area contributed by atoms with Gasteiger partial charge in [0.1, 0.15) is 0 Å². The van der Waals surface area contributed by atoms with Gasteiger partial charge in [-0.25, -0.2) is 0 Å². The minimum atomic E-state index is 0.356. The van der Waals surface area contributed by atoms with E-state index in [0.29, 0.717) is 5.54 Å². The summed E-state index contributed by atoms with van der Waals surface area (Å²) in [5, 5.41) is 3.65. The molecule has 1 aromatic heterocycles. The van der Waals surface area contributed by atoms with Gasteiger partial charge in [0.05, 0.1) is 0 Å². The van der Waals surface area contributed by atoms with Gasteiger partial charge in [-0.3, -0.25) is 4.98 Å². The van der Waals surface area contributed by atoms with E-state index in [1.54, 1.807) is 0 Å². The third kappa shape index (κ3) is 3.54. The van der Waals surface area contributed by atoms with Crippen LogP contribution in [0.4, 0.5) is 0 Å². The van der Waals surface area contributed by atoms with Gasteiger partial charge < -0.3 is 10.2 Å². The number of hydrogen-bond acceptors (Lipinski definition) is 3. The highest BCUT2D eigenvalue weighted by Crippen LogP contribution is 2.31. The van der Waals surface area contributed by atoms with E-state index in [0.717, 1.165) is 13.1 Å². The quantitative estimate of drug-likeness (QED) is 0.883. The second-order valence-electron chi connectivity index (χ2n) is 6.09. The third-order valence-corrected chi connectivity index (χ3v) is 4.65. The Morgan fingerprint density at radius 2 is 2.00 bits per heavy atom. The third-order valence-electron chi connectivity index (χ3n) is 4.65. The maximum atomic E-state index is 4.21. The first kappa shape index (κ1) is 14.5. The van der Waals surface area contributed by atoms with E-state index in [1.165, 1.54) is 43.2 Å². The van der Waals surface area contributed by atoms with Crippen molar-refractivity contribution in [2.24, 2.45) is 0 Å². The topological polar surface area (TPSA) is 28.2 Å². The summed E-state index contributed by atoms with van der Waals surface area (Å²) in [6.07, 6.45) is 10.6. The van der Waals surface area contributed by atoms with Crippen molar-refractivity contribution >= 4 is 0 Å². The Bertz CT molecular complexity index is 395. The van der Waals surface area contributed by atoms with E-state index in [1.807, 2.05) is 12.4 Å². The van der Waals surface area contributed by atoms with Gasteiger partial charge in [0.25, 0.3) is 0 Å². The maximum Gasteiger partial charge on any atom is 0.0328 e.